The van der Waals surface area contributed by atoms with Gasteiger partial charge in [-0.15, -0.1) is 0 Å². The first-order valence-electron chi connectivity index (χ1n) is 8.48. The van der Waals surface area contributed by atoms with Crippen LogP contribution in [0.2, 0.25) is 0 Å². The number of fused-ring (bicyclic) bond motifs is 1. The lowest BCUT2D eigenvalue weighted by Gasteiger charge is -2.17. The van der Waals surface area contributed by atoms with Crippen LogP contribution in [-0.4, -0.2) is 34.7 Å². The molecule has 122 valence electrons. The molecule has 0 spiro atoms. The average molecular weight is 320 g/mol. The number of carbonyl (C=O) groups excluding carboxylic acids is 2. The van der Waals surface area contributed by atoms with Gasteiger partial charge in [-0.05, 0) is 49.2 Å². The van der Waals surface area contributed by atoms with Gasteiger partial charge in [-0.2, -0.15) is 0 Å². The Hall–Kier alpha value is -2.46. The zero-order valence-corrected chi connectivity index (χ0v) is 13.6. The third-order valence-electron chi connectivity index (χ3n) is 4.82. The minimum Gasteiger partial charge on any atom is -0.299 e. The van der Waals surface area contributed by atoms with Crippen LogP contribution in [0.1, 0.15) is 44.7 Å². The van der Waals surface area contributed by atoms with Gasteiger partial charge in [0.2, 0.25) is 0 Å². The summed E-state index contributed by atoms with van der Waals surface area (Å²) in [5.41, 5.74) is 3.26. The van der Waals surface area contributed by atoms with Crippen LogP contribution in [0.5, 0.6) is 0 Å². The molecule has 2 aliphatic rings. The summed E-state index contributed by atoms with van der Waals surface area (Å²) in [6.45, 7) is 3.58. The van der Waals surface area contributed by atoms with E-state index in [-0.39, 0.29) is 11.8 Å². The average Bonchev–Trinajstić information content (AvgIpc) is 3.19. The highest BCUT2D eigenvalue weighted by molar-refractivity contribution is 6.21. The number of amides is 2. The van der Waals surface area contributed by atoms with E-state index in [1.165, 1.54) is 23.3 Å². The van der Waals surface area contributed by atoms with Crippen LogP contribution in [0.3, 0.4) is 0 Å². The second-order valence-electron chi connectivity index (χ2n) is 6.55. The van der Waals surface area contributed by atoms with Crippen molar-refractivity contribution < 1.29 is 9.59 Å². The molecule has 1 fully saturated rings. The summed E-state index contributed by atoms with van der Waals surface area (Å²) < 4.78 is 0. The minimum absolute atomic E-state index is 0.194. The molecular weight excluding hydrogens is 300 g/mol. The van der Waals surface area contributed by atoms with E-state index in [0.717, 1.165) is 25.2 Å². The molecule has 4 rings (SSSR count). The summed E-state index contributed by atoms with van der Waals surface area (Å²) in [5.74, 6) is -0.388. The molecule has 0 radical (unpaired) electrons. The van der Waals surface area contributed by atoms with Crippen LogP contribution in [0, 0.1) is 0 Å². The fraction of sp³-hybridized carbons (Fsp3) is 0.300. The molecule has 4 heteroatoms. The van der Waals surface area contributed by atoms with Crippen molar-refractivity contribution in [2.75, 3.05) is 13.1 Å². The first-order chi connectivity index (χ1) is 11.7. The summed E-state index contributed by atoms with van der Waals surface area (Å²) in [5, 5.41) is 0. The fourth-order valence-corrected chi connectivity index (χ4v) is 3.59. The van der Waals surface area contributed by atoms with Gasteiger partial charge in [0.15, 0.2) is 0 Å². The number of likely N-dealkylation sites (tertiary alicyclic amines) is 1. The lowest BCUT2D eigenvalue weighted by Crippen LogP contribution is -2.29. The topological polar surface area (TPSA) is 40.6 Å². The van der Waals surface area contributed by atoms with Gasteiger partial charge in [0.25, 0.3) is 11.8 Å². The first-order valence-corrected chi connectivity index (χ1v) is 8.48. The predicted octanol–water partition coefficient (Wildman–Crippen LogP) is 3.08. The SMILES string of the molecule is O=C1c2ccccc2C(=O)N1Cc1cccc(CN2CCCC2)c1. The van der Waals surface area contributed by atoms with Crippen LogP contribution < -0.4 is 0 Å². The highest BCUT2D eigenvalue weighted by Gasteiger charge is 2.34. The van der Waals surface area contributed by atoms with Crippen LogP contribution >= 0.6 is 0 Å². The van der Waals surface area contributed by atoms with Crippen molar-refractivity contribution >= 4 is 11.8 Å². The van der Waals surface area contributed by atoms with Crippen molar-refractivity contribution in [3.63, 3.8) is 0 Å². The van der Waals surface area contributed by atoms with Gasteiger partial charge in [0.1, 0.15) is 0 Å². The number of benzene rings is 2. The number of rotatable bonds is 4. The summed E-state index contributed by atoms with van der Waals surface area (Å²) in [4.78, 5) is 28.7. The molecule has 1 saturated heterocycles. The van der Waals surface area contributed by atoms with Crippen molar-refractivity contribution in [3.05, 3.63) is 70.8 Å². The van der Waals surface area contributed by atoms with E-state index < -0.39 is 0 Å². The molecule has 0 saturated carbocycles. The molecule has 24 heavy (non-hydrogen) atoms. The molecule has 0 atom stereocenters. The molecule has 4 nitrogen and oxygen atoms in total. The van der Waals surface area contributed by atoms with Crippen LogP contribution in [0.4, 0.5) is 0 Å². The molecule has 2 heterocycles. The third kappa shape index (κ3) is 2.74. The normalized spacial score (nSPS) is 17.6. The van der Waals surface area contributed by atoms with Crippen molar-refractivity contribution in [1.82, 2.24) is 9.80 Å². The molecule has 2 aromatic rings. The fourth-order valence-electron chi connectivity index (χ4n) is 3.59. The van der Waals surface area contributed by atoms with E-state index >= 15 is 0 Å². The van der Waals surface area contributed by atoms with Crippen LogP contribution in [0.15, 0.2) is 48.5 Å². The maximum Gasteiger partial charge on any atom is 0.261 e. The van der Waals surface area contributed by atoms with Crippen LogP contribution in [0.25, 0.3) is 0 Å². The Balaban J connectivity index is 1.52. The van der Waals surface area contributed by atoms with Gasteiger partial charge < -0.3 is 0 Å². The van der Waals surface area contributed by atoms with Gasteiger partial charge in [0, 0.05) is 6.54 Å². The van der Waals surface area contributed by atoms with Crippen molar-refractivity contribution in [2.24, 2.45) is 0 Å². The lowest BCUT2D eigenvalue weighted by atomic mass is 10.1. The molecule has 0 aliphatic carbocycles. The van der Waals surface area contributed by atoms with Crippen molar-refractivity contribution in [3.8, 4) is 0 Å². The molecule has 2 aromatic carbocycles. The zero-order chi connectivity index (χ0) is 16.5. The second kappa shape index (κ2) is 6.21. The van der Waals surface area contributed by atoms with Gasteiger partial charge in [-0.25, -0.2) is 0 Å². The molecule has 0 bridgehead atoms. The Bertz CT molecular complexity index is 759. The Labute approximate surface area is 141 Å². The third-order valence-corrected chi connectivity index (χ3v) is 4.82. The van der Waals surface area contributed by atoms with Gasteiger partial charge >= 0.3 is 0 Å². The monoisotopic (exact) mass is 320 g/mol. The standard InChI is InChI=1S/C20H20N2O2/c23-19-17-8-1-2-9-18(17)20(24)22(19)14-16-7-5-6-15(12-16)13-21-10-3-4-11-21/h1-2,5-9,12H,3-4,10-11,13-14H2. The Morgan fingerprint density at radius 2 is 1.33 bits per heavy atom. The Morgan fingerprint density at radius 1 is 0.750 bits per heavy atom. The minimum atomic E-state index is -0.194. The van der Waals surface area contributed by atoms with E-state index in [4.69, 9.17) is 0 Å². The van der Waals surface area contributed by atoms with Crippen LogP contribution in [-0.2, 0) is 13.1 Å². The number of nitrogens with zero attached hydrogens (tertiary/aromatic N) is 2. The molecule has 2 amide bonds. The molecule has 0 N–H and O–H groups in total. The van der Waals surface area contributed by atoms with Crippen molar-refractivity contribution in [1.29, 1.82) is 0 Å². The maximum atomic E-state index is 12.5. The van der Waals surface area contributed by atoms with Crippen molar-refractivity contribution in [2.45, 2.75) is 25.9 Å². The van der Waals surface area contributed by atoms with Gasteiger partial charge in [-0.3, -0.25) is 19.4 Å². The van der Waals surface area contributed by atoms with E-state index in [9.17, 15) is 9.59 Å². The second-order valence-corrected chi connectivity index (χ2v) is 6.55. The zero-order valence-electron chi connectivity index (χ0n) is 13.6. The number of imide groups is 1. The number of hydrogen-bond donors (Lipinski definition) is 0. The predicted molar refractivity (Wildman–Crippen MR) is 91.6 cm³/mol. The number of hydrogen-bond acceptors (Lipinski definition) is 3. The summed E-state index contributed by atoms with van der Waals surface area (Å²) in [6, 6.07) is 15.3. The Kier molecular flexibility index (Phi) is 3.90. The smallest absolute Gasteiger partial charge is 0.261 e. The van der Waals surface area contributed by atoms with E-state index in [0.29, 0.717) is 17.7 Å². The lowest BCUT2D eigenvalue weighted by molar-refractivity contribution is 0.0642. The number of carbonyl (C=O) groups is 2. The molecule has 2 aliphatic heterocycles. The highest BCUT2D eigenvalue weighted by Crippen LogP contribution is 2.24. The van der Waals surface area contributed by atoms with E-state index in [1.54, 1.807) is 24.3 Å². The molecule has 0 aromatic heterocycles. The molecule has 0 unspecified atom stereocenters. The summed E-state index contributed by atoms with van der Waals surface area (Å²) in [6.07, 6.45) is 2.55. The highest BCUT2D eigenvalue weighted by atomic mass is 16.2. The van der Waals surface area contributed by atoms with Gasteiger partial charge in [0.05, 0.1) is 17.7 Å². The molecular formula is C20H20N2O2. The largest absolute Gasteiger partial charge is 0.299 e. The maximum absolute atomic E-state index is 12.5. The van der Waals surface area contributed by atoms with Gasteiger partial charge in [-0.1, -0.05) is 36.4 Å². The quantitative estimate of drug-likeness (QED) is 0.813. The van der Waals surface area contributed by atoms with E-state index in [1.807, 2.05) is 12.1 Å². The first kappa shape index (κ1) is 15.1. The van der Waals surface area contributed by atoms with E-state index in [2.05, 4.69) is 17.0 Å². The summed E-state index contributed by atoms with van der Waals surface area (Å²) in [7, 11) is 0. The summed E-state index contributed by atoms with van der Waals surface area (Å²) >= 11 is 0. The Morgan fingerprint density at radius 3 is 1.96 bits per heavy atom.